The van der Waals surface area contributed by atoms with Crippen molar-refractivity contribution in [1.82, 2.24) is 0 Å². The number of hydrogen-bond acceptors (Lipinski definition) is 3. The molecule has 5 heteroatoms. The second kappa shape index (κ2) is 5.65. The van der Waals surface area contributed by atoms with E-state index in [0.717, 1.165) is 4.47 Å². The Morgan fingerprint density at radius 2 is 2.19 bits per heavy atom. The van der Waals surface area contributed by atoms with Gasteiger partial charge in [-0.15, -0.1) is 0 Å². The van der Waals surface area contributed by atoms with E-state index in [9.17, 15) is 9.59 Å². The summed E-state index contributed by atoms with van der Waals surface area (Å²) < 4.78 is 5.45. The average Bonchev–Trinajstić information content (AvgIpc) is 2.17. The molecule has 1 aromatic carbocycles. The summed E-state index contributed by atoms with van der Waals surface area (Å²) in [5.41, 5.74) is 0.403. The van der Waals surface area contributed by atoms with E-state index < -0.39 is 17.9 Å². The highest BCUT2D eigenvalue weighted by Gasteiger charge is 2.29. The fourth-order valence-corrected chi connectivity index (χ4v) is 1.71. The molecule has 0 aliphatic rings. The van der Waals surface area contributed by atoms with E-state index in [0.29, 0.717) is 5.56 Å². The molecule has 1 atom stereocenters. The minimum Gasteiger partial charge on any atom is -0.480 e. The first-order valence-electron chi connectivity index (χ1n) is 4.71. The Morgan fingerprint density at radius 1 is 1.50 bits per heavy atom. The summed E-state index contributed by atoms with van der Waals surface area (Å²) in [6.07, 6.45) is 0. The SMILES string of the molecule is CCOC(=O)C(C(=O)O)c1cccc(Br)c1. The third kappa shape index (κ3) is 3.06. The number of carbonyl (C=O) groups excluding carboxylic acids is 1. The lowest BCUT2D eigenvalue weighted by molar-refractivity contribution is -0.153. The number of carboxylic acid groups (broad SMARTS) is 1. The normalized spacial score (nSPS) is 11.9. The molecule has 0 bridgehead atoms. The Balaban J connectivity index is 3.03. The average molecular weight is 287 g/mol. The molecular weight excluding hydrogens is 276 g/mol. The van der Waals surface area contributed by atoms with Crippen molar-refractivity contribution in [2.45, 2.75) is 12.8 Å². The topological polar surface area (TPSA) is 63.6 Å². The Labute approximate surface area is 101 Å². The number of carboxylic acids is 1. The van der Waals surface area contributed by atoms with Crippen molar-refractivity contribution >= 4 is 27.9 Å². The van der Waals surface area contributed by atoms with E-state index in [-0.39, 0.29) is 6.61 Å². The maximum absolute atomic E-state index is 11.5. The Bertz CT molecular complexity index is 403. The predicted octanol–water partition coefficient (Wildman–Crippen LogP) is 2.18. The second-order valence-corrected chi connectivity index (χ2v) is 3.99. The van der Waals surface area contributed by atoms with Crippen molar-refractivity contribution in [3.63, 3.8) is 0 Å². The third-order valence-electron chi connectivity index (χ3n) is 1.95. The molecule has 0 radical (unpaired) electrons. The first kappa shape index (κ1) is 12.7. The van der Waals surface area contributed by atoms with Crippen LogP contribution in [0.5, 0.6) is 0 Å². The number of hydrogen-bond donors (Lipinski definition) is 1. The first-order chi connectivity index (χ1) is 7.56. The number of carbonyl (C=O) groups is 2. The largest absolute Gasteiger partial charge is 0.480 e. The van der Waals surface area contributed by atoms with E-state index in [4.69, 9.17) is 9.84 Å². The van der Waals surface area contributed by atoms with Gasteiger partial charge in [0, 0.05) is 4.47 Å². The summed E-state index contributed by atoms with van der Waals surface area (Å²) in [4.78, 5) is 22.5. The maximum Gasteiger partial charge on any atom is 0.324 e. The van der Waals surface area contributed by atoms with Crippen molar-refractivity contribution in [2.24, 2.45) is 0 Å². The Hall–Kier alpha value is -1.36. The van der Waals surface area contributed by atoms with Crippen LogP contribution in [0.15, 0.2) is 28.7 Å². The smallest absolute Gasteiger partial charge is 0.324 e. The molecule has 0 spiro atoms. The van der Waals surface area contributed by atoms with Gasteiger partial charge in [0.2, 0.25) is 0 Å². The molecule has 1 unspecified atom stereocenters. The highest BCUT2D eigenvalue weighted by Crippen LogP contribution is 2.21. The van der Waals surface area contributed by atoms with Crippen LogP contribution in [0.4, 0.5) is 0 Å². The molecule has 0 saturated heterocycles. The van der Waals surface area contributed by atoms with Gasteiger partial charge in [-0.1, -0.05) is 28.1 Å². The summed E-state index contributed by atoms with van der Waals surface area (Å²) >= 11 is 3.22. The predicted molar refractivity (Wildman–Crippen MR) is 61.2 cm³/mol. The summed E-state index contributed by atoms with van der Waals surface area (Å²) in [5, 5.41) is 9.00. The molecule has 0 aromatic heterocycles. The van der Waals surface area contributed by atoms with Gasteiger partial charge < -0.3 is 9.84 Å². The molecule has 0 heterocycles. The molecule has 16 heavy (non-hydrogen) atoms. The van der Waals surface area contributed by atoms with Gasteiger partial charge in [0.25, 0.3) is 0 Å². The highest BCUT2D eigenvalue weighted by molar-refractivity contribution is 9.10. The van der Waals surface area contributed by atoms with Crippen molar-refractivity contribution in [3.05, 3.63) is 34.3 Å². The zero-order valence-electron chi connectivity index (χ0n) is 8.64. The van der Waals surface area contributed by atoms with Crippen LogP contribution < -0.4 is 0 Å². The van der Waals surface area contributed by atoms with Gasteiger partial charge >= 0.3 is 11.9 Å². The van der Waals surface area contributed by atoms with E-state index >= 15 is 0 Å². The maximum atomic E-state index is 11.5. The molecule has 1 rings (SSSR count). The van der Waals surface area contributed by atoms with Crippen molar-refractivity contribution in [3.8, 4) is 0 Å². The third-order valence-corrected chi connectivity index (χ3v) is 2.44. The molecule has 1 N–H and O–H groups in total. The molecule has 1 aromatic rings. The number of rotatable bonds is 4. The number of benzene rings is 1. The van der Waals surface area contributed by atoms with Crippen LogP contribution in [-0.2, 0) is 14.3 Å². The van der Waals surface area contributed by atoms with E-state index in [1.54, 1.807) is 31.2 Å². The summed E-state index contributed by atoms with van der Waals surface area (Å²) in [6, 6.07) is 6.61. The van der Waals surface area contributed by atoms with Crippen molar-refractivity contribution in [2.75, 3.05) is 6.61 Å². The second-order valence-electron chi connectivity index (χ2n) is 3.08. The Kier molecular flexibility index (Phi) is 4.49. The number of halogens is 1. The molecule has 0 saturated carbocycles. The lowest BCUT2D eigenvalue weighted by atomic mass is 10.00. The molecule has 0 aliphatic carbocycles. The van der Waals surface area contributed by atoms with Gasteiger partial charge in [-0.3, -0.25) is 9.59 Å². The molecule has 4 nitrogen and oxygen atoms in total. The van der Waals surface area contributed by atoms with E-state index in [1.807, 2.05) is 0 Å². The lowest BCUT2D eigenvalue weighted by Crippen LogP contribution is -2.23. The minimum atomic E-state index is -1.27. The van der Waals surface area contributed by atoms with Gasteiger partial charge in [-0.25, -0.2) is 0 Å². The van der Waals surface area contributed by atoms with E-state index in [2.05, 4.69) is 15.9 Å². The fraction of sp³-hybridized carbons (Fsp3) is 0.273. The summed E-state index contributed by atoms with van der Waals surface area (Å²) in [7, 11) is 0. The van der Waals surface area contributed by atoms with Gasteiger partial charge in [-0.2, -0.15) is 0 Å². The standard InChI is InChI=1S/C11H11BrO4/c1-2-16-11(15)9(10(13)14)7-4-3-5-8(12)6-7/h3-6,9H,2H2,1H3,(H,13,14). The van der Waals surface area contributed by atoms with Gasteiger partial charge in [0.1, 0.15) is 0 Å². The first-order valence-corrected chi connectivity index (χ1v) is 5.50. The van der Waals surface area contributed by atoms with Crippen LogP contribution >= 0.6 is 15.9 Å². The summed E-state index contributed by atoms with van der Waals surface area (Å²) in [5.74, 6) is -3.22. The number of aliphatic carboxylic acids is 1. The van der Waals surface area contributed by atoms with Crippen LogP contribution in [-0.4, -0.2) is 23.7 Å². The quantitative estimate of drug-likeness (QED) is 0.681. The van der Waals surface area contributed by atoms with Crippen LogP contribution in [0, 0.1) is 0 Å². The van der Waals surface area contributed by atoms with Gasteiger partial charge in [-0.05, 0) is 24.6 Å². The van der Waals surface area contributed by atoms with Crippen LogP contribution in [0.2, 0.25) is 0 Å². The number of ether oxygens (including phenoxy) is 1. The zero-order chi connectivity index (χ0) is 12.1. The van der Waals surface area contributed by atoms with Gasteiger partial charge in [0.15, 0.2) is 5.92 Å². The summed E-state index contributed by atoms with van der Waals surface area (Å²) in [6.45, 7) is 1.80. The van der Waals surface area contributed by atoms with Crippen LogP contribution in [0.3, 0.4) is 0 Å². The van der Waals surface area contributed by atoms with Crippen LogP contribution in [0.25, 0.3) is 0 Å². The minimum absolute atomic E-state index is 0.163. The van der Waals surface area contributed by atoms with Crippen LogP contribution in [0.1, 0.15) is 18.4 Å². The highest BCUT2D eigenvalue weighted by atomic mass is 79.9. The Morgan fingerprint density at radius 3 is 2.69 bits per heavy atom. The fourth-order valence-electron chi connectivity index (χ4n) is 1.29. The lowest BCUT2D eigenvalue weighted by Gasteiger charge is -2.11. The monoisotopic (exact) mass is 286 g/mol. The number of esters is 1. The molecule has 86 valence electrons. The van der Waals surface area contributed by atoms with Crippen molar-refractivity contribution in [1.29, 1.82) is 0 Å². The molecule has 0 aliphatic heterocycles. The zero-order valence-corrected chi connectivity index (χ0v) is 10.2. The molecular formula is C11H11BrO4. The molecule has 0 amide bonds. The van der Waals surface area contributed by atoms with Crippen molar-refractivity contribution < 1.29 is 19.4 Å². The molecule has 0 fully saturated rings. The van der Waals surface area contributed by atoms with Gasteiger partial charge in [0.05, 0.1) is 6.61 Å². The van der Waals surface area contributed by atoms with E-state index in [1.165, 1.54) is 0 Å².